The minimum Gasteiger partial charge on any atom is -0.493 e. The van der Waals surface area contributed by atoms with Crippen molar-refractivity contribution in [3.63, 3.8) is 0 Å². The maximum Gasteiger partial charge on any atom is 0.251 e. The highest BCUT2D eigenvalue weighted by Crippen LogP contribution is 2.31. The molecule has 0 heterocycles. The second kappa shape index (κ2) is 9.71. The van der Waals surface area contributed by atoms with Gasteiger partial charge < -0.3 is 24.3 Å². The Morgan fingerprint density at radius 3 is 2.15 bits per heavy atom. The summed E-state index contributed by atoms with van der Waals surface area (Å²) in [5.41, 5.74) is 1.42. The fourth-order valence-corrected chi connectivity index (χ4v) is 2.68. The van der Waals surface area contributed by atoms with E-state index in [9.17, 15) is 4.79 Å². The summed E-state index contributed by atoms with van der Waals surface area (Å²) in [5, 5.41) is 2.99. The first-order chi connectivity index (χ1) is 13.0. The van der Waals surface area contributed by atoms with E-state index in [4.69, 9.17) is 18.9 Å². The number of rotatable bonds is 9. The van der Waals surface area contributed by atoms with Crippen LogP contribution in [0, 0.1) is 0 Å². The van der Waals surface area contributed by atoms with Gasteiger partial charge in [-0.25, -0.2) is 0 Å². The molecule has 0 aliphatic rings. The lowest BCUT2D eigenvalue weighted by molar-refractivity contribution is 0.0939. The van der Waals surface area contributed by atoms with Crippen LogP contribution in [0.1, 0.15) is 42.7 Å². The Morgan fingerprint density at radius 2 is 1.52 bits per heavy atom. The number of nitrogens with one attached hydrogen (secondary N) is 1. The highest BCUT2D eigenvalue weighted by molar-refractivity contribution is 5.95. The topological polar surface area (TPSA) is 66.0 Å². The highest BCUT2D eigenvalue weighted by atomic mass is 16.5. The van der Waals surface area contributed by atoms with E-state index < -0.39 is 0 Å². The SMILES string of the molecule is CCOc1ccc(C(=O)N[C@@H](C)c2ccc(OC)c(OC)c2)cc1OCC. The van der Waals surface area contributed by atoms with Crippen LogP contribution in [0.2, 0.25) is 0 Å². The molecule has 0 radical (unpaired) electrons. The van der Waals surface area contributed by atoms with Gasteiger partial charge in [-0.3, -0.25) is 4.79 Å². The van der Waals surface area contributed by atoms with Crippen molar-refractivity contribution in [1.29, 1.82) is 0 Å². The second-order valence-electron chi connectivity index (χ2n) is 5.84. The Morgan fingerprint density at radius 1 is 0.889 bits per heavy atom. The van der Waals surface area contributed by atoms with E-state index >= 15 is 0 Å². The molecule has 6 nitrogen and oxygen atoms in total. The Kier molecular flexibility index (Phi) is 7.34. The van der Waals surface area contributed by atoms with Gasteiger partial charge in [0.25, 0.3) is 5.91 Å². The molecular formula is C21H27NO5. The third-order valence-corrected chi connectivity index (χ3v) is 4.06. The average Bonchev–Trinajstić information content (AvgIpc) is 2.68. The molecule has 146 valence electrons. The molecule has 0 aliphatic carbocycles. The maximum atomic E-state index is 12.7. The van der Waals surface area contributed by atoms with Gasteiger partial charge in [-0.2, -0.15) is 0 Å². The van der Waals surface area contributed by atoms with Crippen LogP contribution in [0.5, 0.6) is 23.0 Å². The third kappa shape index (κ3) is 5.06. The van der Waals surface area contributed by atoms with Crippen molar-refractivity contribution in [2.24, 2.45) is 0 Å². The molecule has 1 atom stereocenters. The lowest BCUT2D eigenvalue weighted by Gasteiger charge is -2.17. The van der Waals surface area contributed by atoms with Gasteiger partial charge in [0.2, 0.25) is 0 Å². The zero-order valence-electron chi connectivity index (χ0n) is 16.5. The number of hydrogen-bond donors (Lipinski definition) is 1. The molecule has 1 amide bonds. The molecule has 2 aromatic carbocycles. The van der Waals surface area contributed by atoms with Crippen LogP contribution < -0.4 is 24.3 Å². The van der Waals surface area contributed by atoms with Gasteiger partial charge in [0.1, 0.15) is 0 Å². The fourth-order valence-electron chi connectivity index (χ4n) is 2.68. The molecule has 27 heavy (non-hydrogen) atoms. The average molecular weight is 373 g/mol. The van der Waals surface area contributed by atoms with E-state index in [-0.39, 0.29) is 11.9 Å². The summed E-state index contributed by atoms with van der Waals surface area (Å²) >= 11 is 0. The maximum absolute atomic E-state index is 12.7. The van der Waals surface area contributed by atoms with Crippen LogP contribution in [0.15, 0.2) is 36.4 Å². The second-order valence-corrected chi connectivity index (χ2v) is 5.84. The molecule has 0 bridgehead atoms. The standard InChI is InChI=1S/C21H27NO5/c1-6-26-18-11-9-16(13-20(18)27-7-2)21(23)22-14(3)15-8-10-17(24-4)19(12-15)25-5/h8-14H,6-7H2,1-5H3,(H,22,23)/t14-/m0/s1. The van der Waals surface area contributed by atoms with Gasteiger partial charge in [-0.05, 0) is 56.7 Å². The summed E-state index contributed by atoms with van der Waals surface area (Å²) in [6.45, 7) is 6.73. The predicted octanol–water partition coefficient (Wildman–Crippen LogP) is 3.99. The Labute approximate surface area is 160 Å². The van der Waals surface area contributed by atoms with E-state index in [1.807, 2.05) is 39.0 Å². The first kappa shape index (κ1) is 20.4. The fraction of sp³-hybridized carbons (Fsp3) is 0.381. The van der Waals surface area contributed by atoms with Crippen LogP contribution >= 0.6 is 0 Å². The lowest BCUT2D eigenvalue weighted by atomic mass is 10.1. The van der Waals surface area contributed by atoms with Crippen LogP contribution in [0.4, 0.5) is 0 Å². The van der Waals surface area contributed by atoms with Crippen molar-refractivity contribution in [2.75, 3.05) is 27.4 Å². The number of carbonyl (C=O) groups is 1. The van der Waals surface area contributed by atoms with Crippen molar-refractivity contribution in [3.8, 4) is 23.0 Å². The minimum atomic E-state index is -0.209. The predicted molar refractivity (Wildman–Crippen MR) is 104 cm³/mol. The summed E-state index contributed by atoms with van der Waals surface area (Å²) in [7, 11) is 3.17. The van der Waals surface area contributed by atoms with Crippen molar-refractivity contribution in [1.82, 2.24) is 5.32 Å². The largest absolute Gasteiger partial charge is 0.493 e. The Balaban J connectivity index is 2.17. The summed E-state index contributed by atoms with van der Waals surface area (Å²) in [4.78, 5) is 12.7. The molecule has 0 unspecified atom stereocenters. The summed E-state index contributed by atoms with van der Waals surface area (Å²) in [5.74, 6) is 2.26. The number of hydrogen-bond acceptors (Lipinski definition) is 5. The Bertz CT molecular complexity index is 775. The summed E-state index contributed by atoms with van der Waals surface area (Å²) < 4.78 is 21.7. The summed E-state index contributed by atoms with van der Waals surface area (Å²) in [6.07, 6.45) is 0. The number of amides is 1. The van der Waals surface area contributed by atoms with Crippen molar-refractivity contribution in [2.45, 2.75) is 26.8 Å². The van der Waals surface area contributed by atoms with Crippen molar-refractivity contribution in [3.05, 3.63) is 47.5 Å². The van der Waals surface area contributed by atoms with Gasteiger partial charge in [0.15, 0.2) is 23.0 Å². The van der Waals surface area contributed by atoms with Gasteiger partial charge in [-0.1, -0.05) is 6.07 Å². The zero-order valence-corrected chi connectivity index (χ0v) is 16.5. The zero-order chi connectivity index (χ0) is 19.8. The first-order valence-electron chi connectivity index (χ1n) is 8.96. The number of benzene rings is 2. The molecule has 2 rings (SSSR count). The molecule has 0 saturated heterocycles. The van der Waals surface area contributed by atoms with Crippen molar-refractivity contribution < 1.29 is 23.7 Å². The monoisotopic (exact) mass is 373 g/mol. The normalized spacial score (nSPS) is 11.4. The van der Waals surface area contributed by atoms with Gasteiger partial charge in [-0.15, -0.1) is 0 Å². The van der Waals surface area contributed by atoms with Gasteiger partial charge in [0, 0.05) is 5.56 Å². The molecule has 0 spiro atoms. The van der Waals surface area contributed by atoms with Crippen molar-refractivity contribution >= 4 is 5.91 Å². The van der Waals surface area contributed by atoms with E-state index in [0.29, 0.717) is 41.8 Å². The lowest BCUT2D eigenvalue weighted by Crippen LogP contribution is -2.26. The highest BCUT2D eigenvalue weighted by Gasteiger charge is 2.16. The van der Waals surface area contributed by atoms with E-state index in [0.717, 1.165) is 5.56 Å². The van der Waals surface area contributed by atoms with Gasteiger partial charge >= 0.3 is 0 Å². The third-order valence-electron chi connectivity index (χ3n) is 4.06. The van der Waals surface area contributed by atoms with E-state index in [1.165, 1.54) is 0 Å². The van der Waals surface area contributed by atoms with Crippen LogP contribution in [0.3, 0.4) is 0 Å². The smallest absolute Gasteiger partial charge is 0.251 e. The molecule has 1 N–H and O–H groups in total. The van der Waals surface area contributed by atoms with Crippen LogP contribution in [-0.4, -0.2) is 33.3 Å². The van der Waals surface area contributed by atoms with Crippen LogP contribution in [0.25, 0.3) is 0 Å². The summed E-state index contributed by atoms with van der Waals surface area (Å²) in [6, 6.07) is 10.5. The molecule has 2 aromatic rings. The molecular weight excluding hydrogens is 346 g/mol. The number of methoxy groups -OCH3 is 2. The van der Waals surface area contributed by atoms with E-state index in [2.05, 4.69) is 5.32 Å². The molecule has 0 saturated carbocycles. The van der Waals surface area contributed by atoms with Crippen LogP contribution in [-0.2, 0) is 0 Å². The Hall–Kier alpha value is -2.89. The molecule has 0 fully saturated rings. The molecule has 0 aromatic heterocycles. The molecule has 0 aliphatic heterocycles. The van der Waals surface area contributed by atoms with E-state index in [1.54, 1.807) is 32.4 Å². The quantitative estimate of drug-likeness (QED) is 0.720. The molecule has 6 heteroatoms. The number of carbonyl (C=O) groups excluding carboxylic acids is 1. The van der Waals surface area contributed by atoms with Gasteiger partial charge in [0.05, 0.1) is 33.5 Å². The number of ether oxygens (including phenoxy) is 4. The minimum absolute atomic E-state index is 0.193. The first-order valence-corrected chi connectivity index (χ1v) is 8.96.